The fourth-order valence-electron chi connectivity index (χ4n) is 2.33. The van der Waals surface area contributed by atoms with E-state index in [0.29, 0.717) is 17.2 Å². The molecule has 0 bridgehead atoms. The summed E-state index contributed by atoms with van der Waals surface area (Å²) < 4.78 is 35.2. The number of hydrogen-bond donors (Lipinski definition) is 0. The van der Waals surface area contributed by atoms with Gasteiger partial charge in [-0.15, -0.1) is 0 Å². The number of benzene rings is 2. The van der Waals surface area contributed by atoms with E-state index in [-0.39, 0.29) is 21.2 Å². The molecule has 0 saturated heterocycles. The average molecular weight is 367 g/mol. The van der Waals surface area contributed by atoms with Gasteiger partial charge >= 0.3 is 0 Å². The molecule has 1 atom stereocenters. The van der Waals surface area contributed by atoms with Crippen LogP contribution in [0.5, 0.6) is 17.2 Å². The molecule has 0 spiro atoms. The largest absolute Gasteiger partial charge is 0.497 e. The summed E-state index contributed by atoms with van der Waals surface area (Å²) in [7, 11) is 8.73. The monoisotopic (exact) mass is 367 g/mol. The third-order valence-corrected chi connectivity index (χ3v) is 4.85. The molecule has 136 valence electrons. The molecular formula is C18H23FNO4P. The smallest absolute Gasteiger partial charge is 0.188 e. The van der Waals surface area contributed by atoms with E-state index in [4.69, 9.17) is 18.9 Å². The summed E-state index contributed by atoms with van der Waals surface area (Å²) in [6, 6.07) is 8.43. The van der Waals surface area contributed by atoms with Gasteiger partial charge in [-0.3, -0.25) is 0 Å². The number of rotatable bonds is 8. The number of ether oxygens (including phenoxy) is 4. The van der Waals surface area contributed by atoms with Gasteiger partial charge in [-0.05, 0) is 24.3 Å². The standard InChI is InChI=1S/C18H23FNO4P/c1-20(2)14-8-12(19)6-7-16(14)25-17-10-13(22-4)9-15(23-5)18(17)24-11-21-3/h6-10,25H,11H2,1-5H3. The molecule has 0 amide bonds. The van der Waals surface area contributed by atoms with Gasteiger partial charge in [0.15, 0.2) is 18.3 Å². The Hall–Kier alpha value is -2.04. The van der Waals surface area contributed by atoms with Crippen molar-refractivity contribution in [1.29, 1.82) is 0 Å². The van der Waals surface area contributed by atoms with Gasteiger partial charge in [0, 0.05) is 43.6 Å². The fourth-order valence-corrected chi connectivity index (χ4v) is 3.74. The summed E-state index contributed by atoms with van der Waals surface area (Å²) in [5.74, 6) is 1.55. The molecule has 0 heterocycles. The molecule has 0 aliphatic rings. The van der Waals surface area contributed by atoms with Crippen molar-refractivity contribution in [3.63, 3.8) is 0 Å². The number of anilines is 1. The summed E-state index contributed by atoms with van der Waals surface area (Å²) in [4.78, 5) is 1.89. The molecule has 7 heteroatoms. The Kier molecular flexibility index (Phi) is 6.85. The number of halogens is 1. The highest BCUT2D eigenvalue weighted by molar-refractivity contribution is 7.56. The summed E-state index contributed by atoms with van der Waals surface area (Å²) in [5, 5.41) is 1.88. The van der Waals surface area contributed by atoms with Crippen LogP contribution in [0.2, 0.25) is 0 Å². The molecule has 25 heavy (non-hydrogen) atoms. The van der Waals surface area contributed by atoms with Gasteiger partial charge in [-0.1, -0.05) is 8.58 Å². The van der Waals surface area contributed by atoms with Crippen molar-refractivity contribution in [3.8, 4) is 17.2 Å². The molecule has 0 N–H and O–H groups in total. The first-order valence-corrected chi connectivity index (χ1v) is 8.61. The van der Waals surface area contributed by atoms with Crippen LogP contribution < -0.4 is 29.7 Å². The lowest BCUT2D eigenvalue weighted by Crippen LogP contribution is -2.19. The molecule has 2 aromatic rings. The third kappa shape index (κ3) is 4.74. The first-order chi connectivity index (χ1) is 12.0. The van der Waals surface area contributed by atoms with Crippen LogP contribution in [-0.4, -0.2) is 42.2 Å². The highest BCUT2D eigenvalue weighted by Crippen LogP contribution is 2.35. The molecule has 1 unspecified atom stereocenters. The Bertz CT molecular complexity index is 724. The Balaban J connectivity index is 2.50. The minimum Gasteiger partial charge on any atom is -0.497 e. The van der Waals surface area contributed by atoms with Crippen LogP contribution in [0, 0.1) is 5.82 Å². The zero-order valence-electron chi connectivity index (χ0n) is 15.1. The third-order valence-electron chi connectivity index (χ3n) is 3.52. The van der Waals surface area contributed by atoms with Crippen LogP contribution in [0.25, 0.3) is 0 Å². The molecule has 0 saturated carbocycles. The quantitative estimate of drug-likeness (QED) is 0.530. The molecule has 0 fully saturated rings. The normalized spacial score (nSPS) is 11.0. The van der Waals surface area contributed by atoms with E-state index in [1.165, 1.54) is 12.1 Å². The van der Waals surface area contributed by atoms with Gasteiger partial charge in [0.25, 0.3) is 0 Å². The van der Waals surface area contributed by atoms with E-state index in [2.05, 4.69) is 0 Å². The van der Waals surface area contributed by atoms with Gasteiger partial charge < -0.3 is 23.8 Å². The number of nitrogens with zero attached hydrogens (tertiary/aromatic N) is 1. The Morgan fingerprint density at radius 2 is 1.76 bits per heavy atom. The Morgan fingerprint density at radius 3 is 2.36 bits per heavy atom. The minimum absolute atomic E-state index is 0.101. The predicted molar refractivity (Wildman–Crippen MR) is 100 cm³/mol. The van der Waals surface area contributed by atoms with E-state index in [0.717, 1.165) is 16.3 Å². The topological polar surface area (TPSA) is 40.2 Å². The van der Waals surface area contributed by atoms with Gasteiger partial charge in [-0.2, -0.15) is 0 Å². The summed E-state index contributed by atoms with van der Waals surface area (Å²) in [5.41, 5.74) is 0.817. The first kappa shape index (κ1) is 19.3. The molecule has 2 rings (SSSR count). The predicted octanol–water partition coefficient (Wildman–Crippen LogP) is 2.52. The van der Waals surface area contributed by atoms with Crippen LogP contribution in [-0.2, 0) is 4.74 Å². The molecule has 5 nitrogen and oxygen atoms in total. The maximum Gasteiger partial charge on any atom is 0.188 e. The van der Waals surface area contributed by atoms with Crippen LogP contribution in [0.15, 0.2) is 30.3 Å². The number of methoxy groups -OCH3 is 3. The fraction of sp³-hybridized carbons (Fsp3) is 0.333. The molecule has 0 aliphatic heterocycles. The van der Waals surface area contributed by atoms with E-state index >= 15 is 0 Å². The van der Waals surface area contributed by atoms with Gasteiger partial charge in [0.1, 0.15) is 11.6 Å². The maximum absolute atomic E-state index is 13.6. The molecular weight excluding hydrogens is 344 g/mol. The van der Waals surface area contributed by atoms with Crippen molar-refractivity contribution in [2.45, 2.75) is 0 Å². The van der Waals surface area contributed by atoms with E-state index < -0.39 is 0 Å². The van der Waals surface area contributed by atoms with E-state index in [1.54, 1.807) is 33.5 Å². The highest BCUT2D eigenvalue weighted by atomic mass is 31.1. The van der Waals surface area contributed by atoms with Crippen molar-refractivity contribution in [3.05, 3.63) is 36.1 Å². The van der Waals surface area contributed by atoms with Crippen molar-refractivity contribution in [1.82, 2.24) is 0 Å². The SMILES string of the molecule is COCOc1c(OC)cc(OC)cc1Pc1ccc(F)cc1N(C)C. The van der Waals surface area contributed by atoms with Crippen molar-refractivity contribution in [2.24, 2.45) is 0 Å². The zero-order valence-corrected chi connectivity index (χ0v) is 16.1. The Labute approximate surface area is 149 Å². The zero-order chi connectivity index (χ0) is 18.4. The molecule has 2 aromatic carbocycles. The second kappa shape index (κ2) is 8.88. The minimum atomic E-state index is -0.267. The second-order valence-corrected chi connectivity index (χ2v) is 6.77. The molecule has 0 aromatic heterocycles. The van der Waals surface area contributed by atoms with Crippen LogP contribution in [0.4, 0.5) is 10.1 Å². The van der Waals surface area contributed by atoms with Gasteiger partial charge in [0.2, 0.25) is 0 Å². The molecule has 0 radical (unpaired) electrons. The van der Waals surface area contributed by atoms with E-state index in [1.807, 2.05) is 25.1 Å². The lowest BCUT2D eigenvalue weighted by Gasteiger charge is -2.20. The molecule has 0 aliphatic carbocycles. The van der Waals surface area contributed by atoms with Crippen LogP contribution in [0.3, 0.4) is 0 Å². The van der Waals surface area contributed by atoms with Gasteiger partial charge in [0.05, 0.1) is 14.2 Å². The van der Waals surface area contributed by atoms with Crippen molar-refractivity contribution >= 4 is 24.9 Å². The summed E-state index contributed by atoms with van der Waals surface area (Å²) in [6.07, 6.45) is 0. The average Bonchev–Trinajstić information content (AvgIpc) is 2.61. The second-order valence-electron chi connectivity index (χ2n) is 5.44. The lowest BCUT2D eigenvalue weighted by molar-refractivity contribution is 0.0499. The Morgan fingerprint density at radius 1 is 1.00 bits per heavy atom. The van der Waals surface area contributed by atoms with Crippen LogP contribution in [0.1, 0.15) is 0 Å². The summed E-state index contributed by atoms with van der Waals surface area (Å²) >= 11 is 0. The first-order valence-electron chi connectivity index (χ1n) is 7.61. The highest BCUT2D eigenvalue weighted by Gasteiger charge is 2.17. The summed E-state index contributed by atoms with van der Waals surface area (Å²) in [6.45, 7) is 0.101. The van der Waals surface area contributed by atoms with E-state index in [9.17, 15) is 4.39 Å². The maximum atomic E-state index is 13.6. The van der Waals surface area contributed by atoms with Crippen molar-refractivity contribution in [2.75, 3.05) is 47.1 Å². The van der Waals surface area contributed by atoms with Gasteiger partial charge in [-0.25, -0.2) is 4.39 Å². The lowest BCUT2D eigenvalue weighted by atomic mass is 10.3. The van der Waals surface area contributed by atoms with Crippen molar-refractivity contribution < 1.29 is 23.3 Å². The number of hydrogen-bond acceptors (Lipinski definition) is 5. The van der Waals surface area contributed by atoms with Crippen LogP contribution >= 0.6 is 8.58 Å².